The third kappa shape index (κ3) is 2.51. The van der Waals surface area contributed by atoms with Crippen LogP contribution in [0.4, 0.5) is 0 Å². The standard InChI is InChI=1S/C21H21N5O2/c1-15-5-4-8-25-18(15)11-26(20(25)27)17-7-3-6-16(9-17)21(12-28-13-21)10-19-23-22-14-24(19)2/h3-9,11,14H,10,12-13H2,1-2H3. The molecular formula is C21H21N5O2. The zero-order valence-electron chi connectivity index (χ0n) is 15.9. The van der Waals surface area contributed by atoms with E-state index in [0.717, 1.165) is 34.6 Å². The van der Waals surface area contributed by atoms with Crippen LogP contribution in [-0.2, 0) is 23.6 Å². The predicted octanol–water partition coefficient (Wildman–Crippen LogP) is 2.04. The molecule has 0 spiro atoms. The van der Waals surface area contributed by atoms with Crippen molar-refractivity contribution in [2.75, 3.05) is 13.2 Å². The summed E-state index contributed by atoms with van der Waals surface area (Å²) in [5.74, 6) is 0.927. The highest BCUT2D eigenvalue weighted by molar-refractivity contribution is 5.55. The molecule has 7 heteroatoms. The van der Waals surface area contributed by atoms with Crippen LogP contribution in [0.5, 0.6) is 0 Å². The van der Waals surface area contributed by atoms with E-state index in [1.54, 1.807) is 21.5 Å². The molecule has 1 aliphatic rings. The number of rotatable bonds is 4. The van der Waals surface area contributed by atoms with Gasteiger partial charge in [-0.3, -0.25) is 8.97 Å². The molecule has 1 aromatic carbocycles. The maximum Gasteiger partial charge on any atom is 0.337 e. The van der Waals surface area contributed by atoms with E-state index in [1.807, 2.05) is 49.0 Å². The van der Waals surface area contributed by atoms with Crippen LogP contribution in [0.25, 0.3) is 11.2 Å². The van der Waals surface area contributed by atoms with Crippen LogP contribution in [0.15, 0.2) is 59.9 Å². The predicted molar refractivity (Wildman–Crippen MR) is 105 cm³/mol. The second-order valence-electron chi connectivity index (χ2n) is 7.59. The van der Waals surface area contributed by atoms with Gasteiger partial charge in [0.05, 0.1) is 24.4 Å². The molecule has 0 N–H and O–H groups in total. The van der Waals surface area contributed by atoms with E-state index >= 15 is 0 Å². The van der Waals surface area contributed by atoms with Crippen LogP contribution in [-0.4, -0.2) is 36.9 Å². The topological polar surface area (TPSA) is 66.3 Å². The zero-order chi connectivity index (χ0) is 19.3. The van der Waals surface area contributed by atoms with E-state index in [4.69, 9.17) is 4.74 Å². The number of fused-ring (bicyclic) bond motifs is 1. The summed E-state index contributed by atoms with van der Waals surface area (Å²) in [4.78, 5) is 12.9. The quantitative estimate of drug-likeness (QED) is 0.548. The van der Waals surface area contributed by atoms with Crippen molar-refractivity contribution in [1.82, 2.24) is 23.7 Å². The van der Waals surface area contributed by atoms with Gasteiger partial charge in [0.1, 0.15) is 12.2 Å². The lowest BCUT2D eigenvalue weighted by Gasteiger charge is -2.41. The molecular weight excluding hydrogens is 354 g/mol. The Bertz CT molecular complexity index is 1230. The minimum absolute atomic E-state index is 0.0666. The average Bonchev–Trinajstić information content (AvgIpc) is 3.23. The minimum Gasteiger partial charge on any atom is -0.379 e. The first kappa shape index (κ1) is 16.9. The molecule has 0 atom stereocenters. The van der Waals surface area contributed by atoms with E-state index in [9.17, 15) is 4.79 Å². The molecule has 4 heterocycles. The Balaban J connectivity index is 1.59. The largest absolute Gasteiger partial charge is 0.379 e. The van der Waals surface area contributed by atoms with Crippen molar-refractivity contribution >= 4 is 5.52 Å². The Kier molecular flexibility index (Phi) is 3.73. The number of nitrogens with zero attached hydrogens (tertiary/aromatic N) is 5. The summed E-state index contributed by atoms with van der Waals surface area (Å²) < 4.78 is 10.9. The average molecular weight is 375 g/mol. The normalized spacial score (nSPS) is 15.6. The molecule has 0 aliphatic carbocycles. The second kappa shape index (κ2) is 6.17. The van der Waals surface area contributed by atoms with Crippen LogP contribution >= 0.6 is 0 Å². The van der Waals surface area contributed by atoms with Gasteiger partial charge in [-0.05, 0) is 36.2 Å². The molecule has 0 saturated carbocycles. The van der Waals surface area contributed by atoms with Gasteiger partial charge in [0.15, 0.2) is 0 Å². The third-order valence-electron chi connectivity index (χ3n) is 5.70. The summed E-state index contributed by atoms with van der Waals surface area (Å²) in [5, 5.41) is 8.23. The maximum absolute atomic E-state index is 12.9. The van der Waals surface area contributed by atoms with Crippen LogP contribution in [0.1, 0.15) is 17.0 Å². The molecule has 0 bridgehead atoms. The van der Waals surface area contributed by atoms with Crippen LogP contribution in [0.2, 0.25) is 0 Å². The number of benzene rings is 1. The van der Waals surface area contributed by atoms with Crippen molar-refractivity contribution in [3.05, 3.63) is 82.6 Å². The Hall–Kier alpha value is -3.19. The van der Waals surface area contributed by atoms with Gasteiger partial charge in [-0.2, -0.15) is 0 Å². The number of hydrogen-bond acceptors (Lipinski definition) is 4. The van der Waals surface area contributed by atoms with Gasteiger partial charge in [0.2, 0.25) is 0 Å². The van der Waals surface area contributed by atoms with E-state index in [0.29, 0.717) is 13.2 Å². The van der Waals surface area contributed by atoms with E-state index in [2.05, 4.69) is 22.3 Å². The van der Waals surface area contributed by atoms with Gasteiger partial charge in [-0.25, -0.2) is 4.79 Å². The molecule has 0 amide bonds. The SMILES string of the molecule is Cc1cccn2c(=O)n(-c3cccc(C4(Cc5nncn5C)COC4)c3)cc12. The van der Waals surface area contributed by atoms with Gasteiger partial charge in [-0.15, -0.1) is 10.2 Å². The lowest BCUT2D eigenvalue weighted by molar-refractivity contribution is -0.0611. The lowest BCUT2D eigenvalue weighted by atomic mass is 9.75. The van der Waals surface area contributed by atoms with Crippen molar-refractivity contribution in [3.8, 4) is 5.69 Å². The maximum atomic E-state index is 12.9. The molecule has 1 aliphatic heterocycles. The number of pyridine rings is 1. The summed E-state index contributed by atoms with van der Waals surface area (Å²) in [6.07, 6.45) is 6.18. The highest BCUT2D eigenvalue weighted by Crippen LogP contribution is 2.36. The van der Waals surface area contributed by atoms with Gasteiger partial charge in [0, 0.05) is 31.3 Å². The highest BCUT2D eigenvalue weighted by atomic mass is 16.5. The smallest absolute Gasteiger partial charge is 0.337 e. The minimum atomic E-state index is -0.143. The molecule has 1 saturated heterocycles. The molecule has 7 nitrogen and oxygen atoms in total. The van der Waals surface area contributed by atoms with Crippen molar-refractivity contribution in [2.24, 2.45) is 7.05 Å². The van der Waals surface area contributed by atoms with Crippen LogP contribution in [0.3, 0.4) is 0 Å². The van der Waals surface area contributed by atoms with Crippen molar-refractivity contribution in [3.63, 3.8) is 0 Å². The molecule has 1 fully saturated rings. The van der Waals surface area contributed by atoms with E-state index in [-0.39, 0.29) is 11.1 Å². The van der Waals surface area contributed by atoms with E-state index in [1.165, 1.54) is 0 Å². The first-order valence-electron chi connectivity index (χ1n) is 9.28. The highest BCUT2D eigenvalue weighted by Gasteiger charge is 2.41. The number of imidazole rings is 1. The van der Waals surface area contributed by atoms with Crippen molar-refractivity contribution < 1.29 is 4.74 Å². The monoisotopic (exact) mass is 375 g/mol. The fraction of sp³-hybridized carbons (Fsp3) is 0.286. The lowest BCUT2D eigenvalue weighted by Crippen LogP contribution is -2.49. The number of hydrogen-bond donors (Lipinski definition) is 0. The van der Waals surface area contributed by atoms with Gasteiger partial charge < -0.3 is 9.30 Å². The molecule has 4 aromatic rings. The Morgan fingerprint density at radius 1 is 1.21 bits per heavy atom. The third-order valence-corrected chi connectivity index (χ3v) is 5.70. The molecule has 28 heavy (non-hydrogen) atoms. The fourth-order valence-corrected chi connectivity index (χ4v) is 3.91. The number of aryl methyl sites for hydroxylation is 2. The first-order valence-corrected chi connectivity index (χ1v) is 9.28. The summed E-state index contributed by atoms with van der Waals surface area (Å²) >= 11 is 0. The van der Waals surface area contributed by atoms with Crippen LogP contribution in [0, 0.1) is 6.92 Å². The Labute approximate surface area is 161 Å². The van der Waals surface area contributed by atoms with Gasteiger partial charge >= 0.3 is 5.69 Å². The fourth-order valence-electron chi connectivity index (χ4n) is 3.91. The zero-order valence-corrected chi connectivity index (χ0v) is 15.9. The van der Waals surface area contributed by atoms with Crippen molar-refractivity contribution in [2.45, 2.75) is 18.8 Å². The molecule has 142 valence electrons. The Morgan fingerprint density at radius 2 is 2.07 bits per heavy atom. The number of aromatic nitrogens is 5. The van der Waals surface area contributed by atoms with Gasteiger partial charge in [0.25, 0.3) is 0 Å². The Morgan fingerprint density at radius 3 is 2.75 bits per heavy atom. The second-order valence-corrected chi connectivity index (χ2v) is 7.59. The molecule has 5 rings (SSSR count). The molecule has 0 unspecified atom stereocenters. The molecule has 0 radical (unpaired) electrons. The summed E-state index contributed by atoms with van der Waals surface area (Å²) in [6, 6.07) is 12.1. The van der Waals surface area contributed by atoms with Gasteiger partial charge in [-0.1, -0.05) is 18.2 Å². The van der Waals surface area contributed by atoms with Crippen molar-refractivity contribution in [1.29, 1.82) is 0 Å². The van der Waals surface area contributed by atoms with E-state index < -0.39 is 0 Å². The summed E-state index contributed by atoms with van der Waals surface area (Å²) in [7, 11) is 1.95. The van der Waals surface area contributed by atoms with Crippen LogP contribution < -0.4 is 5.69 Å². The summed E-state index contributed by atoms with van der Waals surface area (Å²) in [6.45, 7) is 3.28. The first-order chi connectivity index (χ1) is 13.6. The molecule has 3 aromatic heterocycles. The summed E-state index contributed by atoms with van der Waals surface area (Å²) in [5.41, 5.74) is 3.78. The number of ether oxygens (including phenoxy) is 1.